The molecule has 3 atom stereocenters. The molecule has 1 N–H and O–H groups in total. The van der Waals surface area contributed by atoms with Crippen LogP contribution >= 0.6 is 0 Å². The first kappa shape index (κ1) is 18.1. The highest BCUT2D eigenvalue weighted by Crippen LogP contribution is 2.09. The van der Waals surface area contributed by atoms with Crippen LogP contribution in [0.15, 0.2) is 24.3 Å². The first-order valence-electron chi connectivity index (χ1n) is 7.35. The standard InChI is InChI=1S/C16H22O6/c1-11-3-5-13(17)8-10-16(20)22-12(2)4-6-14(18)7-9-15(19)21-11/h7-13,17H,3-6H2,1-2H3/b9-7-,10-8-/t11-,12-,13+/m1/s1. The smallest absolute Gasteiger partial charge is 0.331 e. The van der Waals surface area contributed by atoms with Crippen molar-refractivity contribution in [3.05, 3.63) is 24.3 Å². The first-order chi connectivity index (χ1) is 10.4. The second kappa shape index (κ2) is 9.15. The van der Waals surface area contributed by atoms with E-state index in [2.05, 4.69) is 0 Å². The third-order valence-corrected chi connectivity index (χ3v) is 3.16. The minimum absolute atomic E-state index is 0.167. The third kappa shape index (κ3) is 7.73. The molecule has 0 unspecified atom stereocenters. The van der Waals surface area contributed by atoms with Gasteiger partial charge in [0.1, 0.15) is 0 Å². The van der Waals surface area contributed by atoms with E-state index < -0.39 is 30.3 Å². The van der Waals surface area contributed by atoms with Crippen LogP contribution < -0.4 is 0 Å². The number of hydrogen-bond acceptors (Lipinski definition) is 6. The molecule has 1 aliphatic heterocycles. The number of esters is 2. The first-order valence-corrected chi connectivity index (χ1v) is 7.35. The molecule has 6 nitrogen and oxygen atoms in total. The number of rotatable bonds is 0. The van der Waals surface area contributed by atoms with Gasteiger partial charge in [-0.1, -0.05) is 0 Å². The molecule has 0 radical (unpaired) electrons. The van der Waals surface area contributed by atoms with E-state index in [0.29, 0.717) is 19.3 Å². The fourth-order valence-electron chi connectivity index (χ4n) is 1.87. The van der Waals surface area contributed by atoms with E-state index in [9.17, 15) is 19.5 Å². The monoisotopic (exact) mass is 310 g/mol. The van der Waals surface area contributed by atoms with Gasteiger partial charge in [-0.3, -0.25) is 4.79 Å². The van der Waals surface area contributed by atoms with Crippen molar-refractivity contribution in [3.8, 4) is 0 Å². The summed E-state index contributed by atoms with van der Waals surface area (Å²) in [7, 11) is 0. The van der Waals surface area contributed by atoms with Crippen LogP contribution in [0.1, 0.15) is 39.5 Å². The van der Waals surface area contributed by atoms with E-state index in [1.165, 1.54) is 18.2 Å². The van der Waals surface area contributed by atoms with Gasteiger partial charge in [0.05, 0.1) is 18.3 Å². The number of cyclic esters (lactones) is 2. The number of ether oxygens (including phenoxy) is 2. The van der Waals surface area contributed by atoms with Crippen LogP contribution in [-0.2, 0) is 23.9 Å². The summed E-state index contributed by atoms with van der Waals surface area (Å²) in [6.45, 7) is 3.38. The molecule has 0 fully saturated rings. The third-order valence-electron chi connectivity index (χ3n) is 3.16. The zero-order valence-corrected chi connectivity index (χ0v) is 12.9. The summed E-state index contributed by atoms with van der Waals surface area (Å²) in [5.74, 6) is -1.37. The minimum atomic E-state index is -0.811. The van der Waals surface area contributed by atoms with Crippen LogP contribution in [0.5, 0.6) is 0 Å². The van der Waals surface area contributed by atoms with E-state index in [4.69, 9.17) is 9.47 Å². The Labute approximate surface area is 129 Å². The minimum Gasteiger partial charge on any atom is -0.460 e. The van der Waals surface area contributed by atoms with Gasteiger partial charge in [0.25, 0.3) is 0 Å². The predicted octanol–water partition coefficient (Wildman–Crippen LogP) is 1.47. The van der Waals surface area contributed by atoms with Crippen molar-refractivity contribution >= 4 is 17.7 Å². The lowest BCUT2D eigenvalue weighted by Crippen LogP contribution is -2.17. The Balaban J connectivity index is 2.72. The molecule has 0 amide bonds. The Kier molecular flexibility index (Phi) is 7.52. The van der Waals surface area contributed by atoms with Gasteiger partial charge in [0.2, 0.25) is 0 Å². The SMILES string of the molecule is C[C@@H]1CCC(=O)/C=C\C(=O)O[C@H](C)CC[C@H](O)/C=C\C(=O)O1. The molecule has 0 aromatic carbocycles. The van der Waals surface area contributed by atoms with Crippen LogP contribution in [0, 0.1) is 0 Å². The van der Waals surface area contributed by atoms with Crippen molar-refractivity contribution in [3.63, 3.8) is 0 Å². The van der Waals surface area contributed by atoms with Crippen molar-refractivity contribution in [1.29, 1.82) is 0 Å². The summed E-state index contributed by atoms with van der Waals surface area (Å²) in [4.78, 5) is 34.6. The lowest BCUT2D eigenvalue weighted by molar-refractivity contribution is -0.143. The molecule has 0 bridgehead atoms. The fraction of sp³-hybridized carbons (Fsp3) is 0.562. The summed E-state index contributed by atoms with van der Waals surface area (Å²) in [5.41, 5.74) is 0. The Hall–Kier alpha value is -1.95. The van der Waals surface area contributed by atoms with E-state index in [1.807, 2.05) is 0 Å². The van der Waals surface area contributed by atoms with Crippen molar-refractivity contribution < 1.29 is 29.0 Å². The molecule has 0 aliphatic carbocycles. The maximum absolute atomic E-state index is 11.6. The highest BCUT2D eigenvalue weighted by molar-refractivity contribution is 5.95. The number of aliphatic hydroxyl groups is 1. The highest BCUT2D eigenvalue weighted by Gasteiger charge is 2.13. The number of ketones is 1. The normalized spacial score (nSPS) is 32.0. The summed E-state index contributed by atoms with van der Waals surface area (Å²) in [6, 6.07) is 0. The van der Waals surface area contributed by atoms with Crippen LogP contribution in [0.25, 0.3) is 0 Å². The van der Waals surface area contributed by atoms with Crippen molar-refractivity contribution in [1.82, 2.24) is 0 Å². The number of allylic oxidation sites excluding steroid dienone is 1. The Morgan fingerprint density at radius 2 is 1.50 bits per heavy atom. The van der Waals surface area contributed by atoms with Crippen LogP contribution in [0.3, 0.4) is 0 Å². The van der Waals surface area contributed by atoms with Crippen LogP contribution in [-0.4, -0.2) is 41.1 Å². The van der Waals surface area contributed by atoms with E-state index in [1.54, 1.807) is 13.8 Å². The predicted molar refractivity (Wildman–Crippen MR) is 78.9 cm³/mol. The Morgan fingerprint density at radius 1 is 0.909 bits per heavy atom. The largest absolute Gasteiger partial charge is 0.460 e. The topological polar surface area (TPSA) is 89.9 Å². The summed E-state index contributed by atoms with van der Waals surface area (Å²) >= 11 is 0. The van der Waals surface area contributed by atoms with E-state index in [-0.39, 0.29) is 12.2 Å². The molecule has 6 heteroatoms. The van der Waals surface area contributed by atoms with Gasteiger partial charge in [0, 0.05) is 18.6 Å². The van der Waals surface area contributed by atoms with Crippen molar-refractivity contribution in [2.45, 2.75) is 57.8 Å². The Morgan fingerprint density at radius 3 is 2.18 bits per heavy atom. The maximum atomic E-state index is 11.6. The van der Waals surface area contributed by atoms with E-state index >= 15 is 0 Å². The van der Waals surface area contributed by atoms with Crippen molar-refractivity contribution in [2.75, 3.05) is 0 Å². The number of carbonyl (C=O) groups is 3. The maximum Gasteiger partial charge on any atom is 0.331 e. The summed E-state index contributed by atoms with van der Waals surface area (Å²) in [6.07, 6.45) is 4.46. The van der Waals surface area contributed by atoms with Crippen molar-refractivity contribution in [2.24, 2.45) is 0 Å². The van der Waals surface area contributed by atoms with Gasteiger partial charge in [0.15, 0.2) is 5.78 Å². The molecule has 0 saturated carbocycles. The molecule has 0 spiro atoms. The van der Waals surface area contributed by atoms with Crippen LogP contribution in [0.4, 0.5) is 0 Å². The molecule has 0 aromatic heterocycles. The highest BCUT2D eigenvalue weighted by atomic mass is 16.5. The molecule has 1 aliphatic rings. The lowest BCUT2D eigenvalue weighted by atomic mass is 10.1. The van der Waals surface area contributed by atoms with Gasteiger partial charge in [-0.15, -0.1) is 0 Å². The van der Waals surface area contributed by atoms with Crippen LogP contribution in [0.2, 0.25) is 0 Å². The van der Waals surface area contributed by atoms with Gasteiger partial charge in [-0.05, 0) is 45.3 Å². The molecular weight excluding hydrogens is 288 g/mol. The summed E-state index contributed by atoms with van der Waals surface area (Å²) in [5, 5.41) is 9.73. The molecule has 1 heterocycles. The van der Waals surface area contributed by atoms with E-state index in [0.717, 1.165) is 6.08 Å². The van der Waals surface area contributed by atoms with Gasteiger partial charge in [-0.25, -0.2) is 9.59 Å². The second-order valence-electron chi connectivity index (χ2n) is 5.34. The quantitative estimate of drug-likeness (QED) is 0.681. The Bertz CT molecular complexity index is 465. The fourth-order valence-corrected chi connectivity index (χ4v) is 1.87. The molecule has 0 aromatic rings. The lowest BCUT2D eigenvalue weighted by Gasteiger charge is -2.14. The second-order valence-corrected chi connectivity index (χ2v) is 5.34. The van der Waals surface area contributed by atoms with Gasteiger partial charge >= 0.3 is 11.9 Å². The number of carbonyl (C=O) groups excluding carboxylic acids is 3. The summed E-state index contributed by atoms with van der Waals surface area (Å²) < 4.78 is 10.2. The number of hydrogen-bond donors (Lipinski definition) is 1. The molecule has 1 rings (SSSR count). The van der Waals surface area contributed by atoms with Gasteiger partial charge < -0.3 is 14.6 Å². The molecule has 22 heavy (non-hydrogen) atoms. The number of aliphatic hydroxyl groups excluding tert-OH is 1. The average Bonchev–Trinajstić information content (AvgIpc) is 2.46. The zero-order chi connectivity index (χ0) is 16.5. The molecular formula is C16H22O6. The average molecular weight is 310 g/mol. The molecule has 0 saturated heterocycles. The zero-order valence-electron chi connectivity index (χ0n) is 12.9. The van der Waals surface area contributed by atoms with Gasteiger partial charge in [-0.2, -0.15) is 0 Å². The molecule has 122 valence electrons.